The average Bonchev–Trinajstić information content (AvgIpc) is 3.14. The lowest BCUT2D eigenvalue weighted by Gasteiger charge is -2.14. The number of aromatic nitrogens is 2. The van der Waals surface area contributed by atoms with Crippen LogP contribution in [-0.2, 0) is 0 Å². The Morgan fingerprint density at radius 3 is 2.48 bits per heavy atom. The predicted octanol–water partition coefficient (Wildman–Crippen LogP) is 3.77. The highest BCUT2D eigenvalue weighted by molar-refractivity contribution is 5.95. The summed E-state index contributed by atoms with van der Waals surface area (Å²) >= 11 is 0. The van der Waals surface area contributed by atoms with Crippen LogP contribution in [0, 0.1) is 0 Å². The summed E-state index contributed by atoms with van der Waals surface area (Å²) in [4.78, 5) is 12.7. The predicted molar refractivity (Wildman–Crippen MR) is 104 cm³/mol. The van der Waals surface area contributed by atoms with Crippen molar-refractivity contribution >= 4 is 5.91 Å². The number of hydrogen-bond donors (Lipinski definition) is 1. The van der Waals surface area contributed by atoms with Crippen LogP contribution in [0.15, 0.2) is 60.8 Å². The Balaban J connectivity index is 1.76. The zero-order chi connectivity index (χ0) is 19.2. The second kappa shape index (κ2) is 8.40. The fourth-order valence-corrected chi connectivity index (χ4v) is 2.75. The number of hydrogen-bond acceptors (Lipinski definition) is 4. The van der Waals surface area contributed by atoms with Crippen molar-refractivity contribution in [3.8, 4) is 17.2 Å². The van der Waals surface area contributed by atoms with E-state index in [1.807, 2.05) is 68.4 Å². The van der Waals surface area contributed by atoms with Gasteiger partial charge in [-0.2, -0.15) is 5.10 Å². The summed E-state index contributed by atoms with van der Waals surface area (Å²) in [5.74, 6) is 0.946. The van der Waals surface area contributed by atoms with Crippen molar-refractivity contribution in [3.63, 3.8) is 0 Å². The van der Waals surface area contributed by atoms with Crippen molar-refractivity contribution in [2.75, 3.05) is 13.7 Å². The number of carbonyl (C=O) groups excluding carboxylic acids is 1. The van der Waals surface area contributed by atoms with Crippen LogP contribution in [0.3, 0.4) is 0 Å². The van der Waals surface area contributed by atoms with E-state index >= 15 is 0 Å². The van der Waals surface area contributed by atoms with Crippen LogP contribution in [0.5, 0.6) is 11.5 Å². The number of nitrogens with zero attached hydrogens (tertiary/aromatic N) is 2. The van der Waals surface area contributed by atoms with E-state index in [2.05, 4.69) is 10.4 Å². The van der Waals surface area contributed by atoms with Crippen molar-refractivity contribution < 1.29 is 14.3 Å². The Kier molecular flexibility index (Phi) is 5.76. The number of methoxy groups -OCH3 is 1. The van der Waals surface area contributed by atoms with Crippen LogP contribution in [0.25, 0.3) is 5.69 Å². The summed E-state index contributed by atoms with van der Waals surface area (Å²) < 4.78 is 12.4. The number of amides is 1. The van der Waals surface area contributed by atoms with Gasteiger partial charge >= 0.3 is 0 Å². The van der Waals surface area contributed by atoms with E-state index in [1.165, 1.54) is 7.11 Å². The Morgan fingerprint density at radius 2 is 1.85 bits per heavy atom. The second-order valence-electron chi connectivity index (χ2n) is 6.02. The molecule has 3 rings (SSSR count). The molecule has 6 heteroatoms. The lowest BCUT2D eigenvalue weighted by Crippen LogP contribution is -2.27. The molecule has 0 aliphatic rings. The summed E-state index contributed by atoms with van der Waals surface area (Å²) in [5.41, 5.74) is 2.09. The third-order valence-corrected chi connectivity index (χ3v) is 4.18. The molecule has 1 atom stereocenters. The van der Waals surface area contributed by atoms with Gasteiger partial charge in [-0.25, -0.2) is 4.68 Å². The molecule has 1 heterocycles. The van der Waals surface area contributed by atoms with Gasteiger partial charge in [0.05, 0.1) is 31.6 Å². The number of para-hydroxylation sites is 1. The lowest BCUT2D eigenvalue weighted by atomic mass is 10.1. The number of carbonyl (C=O) groups is 1. The first-order valence-electron chi connectivity index (χ1n) is 8.85. The minimum Gasteiger partial charge on any atom is -0.494 e. The molecule has 1 aromatic heterocycles. The Bertz CT molecular complexity index is 889. The van der Waals surface area contributed by atoms with Crippen LogP contribution >= 0.6 is 0 Å². The third-order valence-electron chi connectivity index (χ3n) is 4.18. The Labute approximate surface area is 158 Å². The normalized spacial score (nSPS) is 11.7. The van der Waals surface area contributed by atoms with Crippen molar-refractivity contribution in [2.45, 2.75) is 19.9 Å². The summed E-state index contributed by atoms with van der Waals surface area (Å²) in [6.45, 7) is 4.49. The maximum atomic E-state index is 12.7. The van der Waals surface area contributed by atoms with E-state index in [4.69, 9.17) is 9.47 Å². The highest BCUT2D eigenvalue weighted by Crippen LogP contribution is 2.22. The standard InChI is InChI=1S/C21H23N3O3/c1-4-27-18-12-10-16(11-13-18)15(2)22-21(25)20-19(26-3)14-24(23-20)17-8-6-5-7-9-17/h5-15H,4H2,1-3H3,(H,22,25). The molecule has 2 aromatic carbocycles. The van der Waals surface area contributed by atoms with E-state index in [9.17, 15) is 4.79 Å². The van der Waals surface area contributed by atoms with Gasteiger partial charge in [-0.15, -0.1) is 0 Å². The monoisotopic (exact) mass is 365 g/mol. The molecule has 0 saturated carbocycles. The van der Waals surface area contributed by atoms with Gasteiger partial charge in [0.15, 0.2) is 11.4 Å². The van der Waals surface area contributed by atoms with Crippen molar-refractivity contribution in [3.05, 3.63) is 72.1 Å². The van der Waals surface area contributed by atoms with Crippen LogP contribution in [0.4, 0.5) is 0 Å². The minimum atomic E-state index is -0.289. The second-order valence-corrected chi connectivity index (χ2v) is 6.02. The fourth-order valence-electron chi connectivity index (χ4n) is 2.75. The Hall–Kier alpha value is -3.28. The largest absolute Gasteiger partial charge is 0.494 e. The molecular weight excluding hydrogens is 342 g/mol. The molecule has 140 valence electrons. The molecule has 1 amide bonds. The van der Waals surface area contributed by atoms with Gasteiger partial charge in [-0.3, -0.25) is 4.79 Å². The highest BCUT2D eigenvalue weighted by atomic mass is 16.5. The van der Waals surface area contributed by atoms with Crippen LogP contribution in [0.1, 0.15) is 35.9 Å². The van der Waals surface area contributed by atoms with E-state index in [-0.39, 0.29) is 17.6 Å². The molecule has 0 aliphatic carbocycles. The third kappa shape index (κ3) is 4.28. The molecule has 0 bridgehead atoms. The number of rotatable bonds is 7. The summed E-state index contributed by atoms with van der Waals surface area (Å²) in [7, 11) is 1.53. The molecule has 27 heavy (non-hydrogen) atoms. The van der Waals surface area contributed by atoms with Crippen molar-refractivity contribution in [1.82, 2.24) is 15.1 Å². The van der Waals surface area contributed by atoms with Gasteiger partial charge in [0.2, 0.25) is 0 Å². The van der Waals surface area contributed by atoms with Crippen molar-refractivity contribution in [1.29, 1.82) is 0 Å². The summed E-state index contributed by atoms with van der Waals surface area (Å²) in [6, 6.07) is 17.1. The molecule has 3 aromatic rings. The minimum absolute atomic E-state index is 0.181. The first-order valence-corrected chi connectivity index (χ1v) is 8.85. The fraction of sp³-hybridized carbons (Fsp3) is 0.238. The first kappa shape index (κ1) is 18.5. The maximum Gasteiger partial charge on any atom is 0.276 e. The molecule has 0 fully saturated rings. The zero-order valence-corrected chi connectivity index (χ0v) is 15.7. The number of benzene rings is 2. The van der Waals surface area contributed by atoms with Gasteiger partial charge in [0.25, 0.3) is 5.91 Å². The van der Waals surface area contributed by atoms with E-state index in [0.29, 0.717) is 12.4 Å². The highest BCUT2D eigenvalue weighted by Gasteiger charge is 2.20. The number of ether oxygens (including phenoxy) is 2. The van der Waals surface area contributed by atoms with Gasteiger partial charge < -0.3 is 14.8 Å². The number of nitrogens with one attached hydrogen (secondary N) is 1. The van der Waals surface area contributed by atoms with E-state index < -0.39 is 0 Å². The molecule has 1 N–H and O–H groups in total. The van der Waals surface area contributed by atoms with E-state index in [0.717, 1.165) is 17.0 Å². The SMILES string of the molecule is CCOc1ccc(C(C)NC(=O)c2nn(-c3ccccc3)cc2OC)cc1. The smallest absolute Gasteiger partial charge is 0.276 e. The zero-order valence-electron chi connectivity index (χ0n) is 15.7. The average molecular weight is 365 g/mol. The summed E-state index contributed by atoms with van der Waals surface area (Å²) in [6.07, 6.45) is 1.70. The molecule has 0 spiro atoms. The van der Waals surface area contributed by atoms with Crippen LogP contribution in [-0.4, -0.2) is 29.4 Å². The molecule has 6 nitrogen and oxygen atoms in total. The molecule has 0 saturated heterocycles. The Morgan fingerprint density at radius 1 is 1.15 bits per heavy atom. The van der Waals surface area contributed by atoms with Crippen LogP contribution in [0.2, 0.25) is 0 Å². The molecule has 0 radical (unpaired) electrons. The topological polar surface area (TPSA) is 65.4 Å². The quantitative estimate of drug-likeness (QED) is 0.692. The lowest BCUT2D eigenvalue weighted by molar-refractivity contribution is 0.0931. The van der Waals surface area contributed by atoms with E-state index in [1.54, 1.807) is 10.9 Å². The molecule has 0 aliphatic heterocycles. The first-order chi connectivity index (χ1) is 13.1. The summed E-state index contributed by atoms with van der Waals surface area (Å²) in [5, 5.41) is 7.36. The van der Waals surface area contributed by atoms with Gasteiger partial charge in [0, 0.05) is 0 Å². The van der Waals surface area contributed by atoms with Crippen LogP contribution < -0.4 is 14.8 Å². The van der Waals surface area contributed by atoms with Gasteiger partial charge in [-0.05, 0) is 43.7 Å². The van der Waals surface area contributed by atoms with Crippen molar-refractivity contribution in [2.24, 2.45) is 0 Å². The van der Waals surface area contributed by atoms with Gasteiger partial charge in [0.1, 0.15) is 5.75 Å². The maximum absolute atomic E-state index is 12.7. The van der Waals surface area contributed by atoms with Gasteiger partial charge in [-0.1, -0.05) is 30.3 Å². The molecule has 1 unspecified atom stereocenters. The molecular formula is C21H23N3O3.